The normalized spacial score (nSPS) is 10.3. The Balaban J connectivity index is 1.77. The summed E-state index contributed by atoms with van der Waals surface area (Å²) in [6.45, 7) is 0.525. The molecule has 0 aliphatic rings. The molecule has 134 valence electrons. The zero-order valence-electron chi connectivity index (χ0n) is 13.9. The maximum Gasteiger partial charge on any atom is 0.280 e. The van der Waals surface area contributed by atoms with Crippen LogP contribution in [0.15, 0.2) is 30.5 Å². The van der Waals surface area contributed by atoms with Crippen molar-refractivity contribution >= 4 is 23.2 Å². The molecule has 1 aromatic heterocycles. The van der Waals surface area contributed by atoms with Gasteiger partial charge in [-0.3, -0.25) is 14.8 Å². The topological polar surface area (TPSA) is 101 Å². The first-order valence-electron chi connectivity index (χ1n) is 7.95. The second-order valence-electron chi connectivity index (χ2n) is 5.36. The van der Waals surface area contributed by atoms with Crippen LogP contribution in [0.1, 0.15) is 35.5 Å². The van der Waals surface area contributed by atoms with Crippen molar-refractivity contribution in [2.24, 2.45) is 0 Å². The lowest BCUT2D eigenvalue weighted by molar-refractivity contribution is -0.129. The van der Waals surface area contributed by atoms with Crippen molar-refractivity contribution in [3.8, 4) is 16.2 Å². The molecule has 0 fully saturated rings. The lowest BCUT2D eigenvalue weighted by Crippen LogP contribution is -2.24. The molecule has 2 amide bonds. The fraction of sp³-hybridized carbons (Fsp3) is 0.353. The van der Waals surface area contributed by atoms with Crippen LogP contribution in [0.5, 0.6) is 5.75 Å². The van der Waals surface area contributed by atoms with Gasteiger partial charge in [0.05, 0.1) is 12.0 Å². The van der Waals surface area contributed by atoms with Crippen LogP contribution in [0.25, 0.3) is 10.4 Å². The van der Waals surface area contributed by atoms with E-state index < -0.39 is 5.91 Å². The average Bonchev–Trinajstić information content (AvgIpc) is 3.14. The first-order valence-corrected chi connectivity index (χ1v) is 8.77. The molecule has 0 aliphatic heterocycles. The van der Waals surface area contributed by atoms with Crippen molar-refractivity contribution in [1.29, 1.82) is 0 Å². The van der Waals surface area contributed by atoms with Gasteiger partial charge in [0.2, 0.25) is 5.91 Å². The third kappa shape index (κ3) is 5.84. The predicted octanol–water partition coefficient (Wildman–Crippen LogP) is 2.61. The fourth-order valence-corrected chi connectivity index (χ4v) is 3.03. The Morgan fingerprint density at radius 1 is 1.20 bits per heavy atom. The number of unbranched alkanes of at least 4 members (excludes halogenated alkanes) is 2. The van der Waals surface area contributed by atoms with E-state index in [0.29, 0.717) is 18.0 Å². The zero-order valence-corrected chi connectivity index (χ0v) is 14.8. The van der Waals surface area contributed by atoms with Gasteiger partial charge < -0.3 is 10.1 Å². The maximum atomic E-state index is 12.1. The number of hydroxylamine groups is 1. The summed E-state index contributed by atoms with van der Waals surface area (Å²) >= 11 is 1.34. The number of hydrogen-bond donors (Lipinski definition) is 3. The van der Waals surface area contributed by atoms with Gasteiger partial charge in [-0.1, -0.05) is 6.42 Å². The second kappa shape index (κ2) is 9.75. The molecule has 0 unspecified atom stereocenters. The lowest BCUT2D eigenvalue weighted by atomic mass is 10.2. The summed E-state index contributed by atoms with van der Waals surface area (Å²) in [5.74, 6) is 0.193. The van der Waals surface area contributed by atoms with Crippen LogP contribution in [0, 0.1) is 0 Å². The molecule has 0 radical (unpaired) electrons. The SMILES string of the molecule is COc1ccc(-c2cnc(C(=O)NCCCCCC(=O)NO)s2)cc1. The Labute approximate surface area is 150 Å². The van der Waals surface area contributed by atoms with E-state index in [1.807, 2.05) is 24.3 Å². The molecule has 2 aromatic rings. The van der Waals surface area contributed by atoms with E-state index in [2.05, 4.69) is 10.3 Å². The Hall–Kier alpha value is -2.45. The maximum absolute atomic E-state index is 12.1. The van der Waals surface area contributed by atoms with Crippen molar-refractivity contribution in [3.05, 3.63) is 35.5 Å². The average molecular weight is 363 g/mol. The highest BCUT2D eigenvalue weighted by atomic mass is 32.1. The number of carbonyl (C=O) groups is 2. The van der Waals surface area contributed by atoms with Crippen molar-refractivity contribution in [2.45, 2.75) is 25.7 Å². The quantitative estimate of drug-likeness (QED) is 0.361. The molecular formula is C17H21N3O4S. The number of nitrogens with zero attached hydrogens (tertiary/aromatic N) is 1. The Morgan fingerprint density at radius 2 is 1.96 bits per heavy atom. The minimum Gasteiger partial charge on any atom is -0.497 e. The van der Waals surface area contributed by atoms with Gasteiger partial charge in [-0.05, 0) is 42.7 Å². The number of rotatable bonds is 9. The van der Waals surface area contributed by atoms with Gasteiger partial charge in [-0.25, -0.2) is 10.5 Å². The van der Waals surface area contributed by atoms with Crippen LogP contribution in [0.3, 0.4) is 0 Å². The molecule has 1 aromatic carbocycles. The number of hydrogen-bond acceptors (Lipinski definition) is 6. The molecule has 25 heavy (non-hydrogen) atoms. The number of amides is 2. The number of carbonyl (C=O) groups excluding carboxylic acids is 2. The van der Waals surface area contributed by atoms with Crippen LogP contribution in [0.2, 0.25) is 0 Å². The van der Waals surface area contributed by atoms with E-state index in [4.69, 9.17) is 9.94 Å². The van der Waals surface area contributed by atoms with Crippen molar-refractivity contribution in [3.63, 3.8) is 0 Å². The van der Waals surface area contributed by atoms with Crippen LogP contribution in [-0.2, 0) is 4.79 Å². The Bertz CT molecular complexity index is 700. The molecule has 1 heterocycles. The molecule has 0 spiro atoms. The molecule has 8 heteroatoms. The highest BCUT2D eigenvalue weighted by molar-refractivity contribution is 7.16. The minimum atomic E-state index is -0.391. The number of nitrogens with one attached hydrogen (secondary N) is 2. The number of benzene rings is 1. The van der Waals surface area contributed by atoms with Gasteiger partial charge >= 0.3 is 0 Å². The molecule has 3 N–H and O–H groups in total. The van der Waals surface area contributed by atoms with Crippen LogP contribution >= 0.6 is 11.3 Å². The molecule has 0 atom stereocenters. The highest BCUT2D eigenvalue weighted by Crippen LogP contribution is 2.27. The van der Waals surface area contributed by atoms with Crippen molar-refractivity contribution in [1.82, 2.24) is 15.8 Å². The van der Waals surface area contributed by atoms with Gasteiger partial charge in [0, 0.05) is 19.2 Å². The second-order valence-corrected chi connectivity index (χ2v) is 6.39. The van der Waals surface area contributed by atoms with Crippen molar-refractivity contribution < 1.29 is 19.5 Å². The van der Waals surface area contributed by atoms with E-state index in [9.17, 15) is 9.59 Å². The summed E-state index contributed by atoms with van der Waals surface area (Å²) in [7, 11) is 1.62. The van der Waals surface area contributed by atoms with Gasteiger partial charge in [-0.15, -0.1) is 11.3 Å². The summed E-state index contributed by atoms with van der Waals surface area (Å²) in [6.07, 6.45) is 4.20. The Kier molecular flexibility index (Phi) is 7.36. The smallest absolute Gasteiger partial charge is 0.280 e. The van der Waals surface area contributed by atoms with Gasteiger partial charge in [0.1, 0.15) is 5.75 Å². The van der Waals surface area contributed by atoms with Gasteiger partial charge in [-0.2, -0.15) is 0 Å². The zero-order chi connectivity index (χ0) is 18.1. The first kappa shape index (κ1) is 18.9. The van der Waals surface area contributed by atoms with Crippen molar-refractivity contribution in [2.75, 3.05) is 13.7 Å². The highest BCUT2D eigenvalue weighted by Gasteiger charge is 2.11. The van der Waals surface area contributed by atoms with E-state index in [0.717, 1.165) is 29.0 Å². The standard InChI is InChI=1S/C17H21N3O4S/c1-24-13-8-6-12(7-9-13)14-11-19-17(25-14)16(22)18-10-4-2-3-5-15(21)20-23/h6-9,11,23H,2-5,10H2,1H3,(H,18,22)(H,20,21). The van der Waals surface area contributed by atoms with E-state index >= 15 is 0 Å². The van der Waals surface area contributed by atoms with E-state index in [-0.39, 0.29) is 12.3 Å². The Morgan fingerprint density at radius 3 is 2.64 bits per heavy atom. The fourth-order valence-electron chi connectivity index (χ4n) is 2.19. The molecule has 0 saturated carbocycles. The van der Waals surface area contributed by atoms with E-state index in [1.54, 1.807) is 18.8 Å². The number of thiazole rings is 1. The van der Waals surface area contributed by atoms with Gasteiger partial charge in [0.25, 0.3) is 5.91 Å². The number of ether oxygens (including phenoxy) is 1. The molecule has 0 bridgehead atoms. The number of methoxy groups -OCH3 is 1. The summed E-state index contributed by atoms with van der Waals surface area (Å²) in [4.78, 5) is 28.0. The van der Waals surface area contributed by atoms with Crippen LogP contribution in [0.4, 0.5) is 0 Å². The monoisotopic (exact) mass is 363 g/mol. The van der Waals surface area contributed by atoms with Crippen LogP contribution < -0.4 is 15.5 Å². The largest absolute Gasteiger partial charge is 0.497 e. The molecule has 2 rings (SSSR count). The third-order valence-electron chi connectivity index (χ3n) is 3.57. The first-order chi connectivity index (χ1) is 12.1. The molecule has 0 aliphatic carbocycles. The number of aromatic nitrogens is 1. The van der Waals surface area contributed by atoms with Gasteiger partial charge in [0.15, 0.2) is 5.01 Å². The summed E-state index contributed by atoms with van der Waals surface area (Å²) < 4.78 is 5.13. The molecular weight excluding hydrogens is 342 g/mol. The molecule has 7 nitrogen and oxygen atoms in total. The summed E-state index contributed by atoms with van der Waals surface area (Å²) in [5.41, 5.74) is 2.58. The lowest BCUT2D eigenvalue weighted by Gasteiger charge is -2.03. The third-order valence-corrected chi connectivity index (χ3v) is 4.61. The predicted molar refractivity (Wildman–Crippen MR) is 94.8 cm³/mol. The summed E-state index contributed by atoms with van der Waals surface area (Å²) in [5, 5.41) is 11.6. The van der Waals surface area contributed by atoms with Crippen LogP contribution in [-0.4, -0.2) is 35.7 Å². The minimum absolute atomic E-state index is 0.196. The van der Waals surface area contributed by atoms with E-state index in [1.165, 1.54) is 11.3 Å². The molecule has 0 saturated heterocycles. The summed E-state index contributed by atoms with van der Waals surface area (Å²) in [6, 6.07) is 7.59.